The zero-order valence-corrected chi connectivity index (χ0v) is 16.9. The van der Waals surface area contributed by atoms with Gasteiger partial charge in [0.05, 0.1) is 13.2 Å². The number of halogens is 1. The lowest BCUT2D eigenvalue weighted by atomic mass is 10.0. The van der Waals surface area contributed by atoms with E-state index in [1.807, 2.05) is 32.9 Å². The Morgan fingerprint density at radius 2 is 1.58 bits per heavy atom. The van der Waals surface area contributed by atoms with Gasteiger partial charge in [0, 0.05) is 11.3 Å². The van der Waals surface area contributed by atoms with Crippen LogP contribution in [0.3, 0.4) is 0 Å². The fourth-order valence-electron chi connectivity index (χ4n) is 3.11. The third-order valence-corrected chi connectivity index (χ3v) is 6.37. The highest BCUT2D eigenvalue weighted by atomic mass is 31.2. The molecule has 0 aliphatic rings. The molecular formula is C20H27FNO3P. The third kappa shape index (κ3) is 4.53. The predicted octanol–water partition coefficient (Wildman–Crippen LogP) is 6.13. The molecule has 0 saturated carbocycles. The van der Waals surface area contributed by atoms with Crippen molar-refractivity contribution in [1.29, 1.82) is 0 Å². The lowest BCUT2D eigenvalue weighted by Gasteiger charge is -2.29. The van der Waals surface area contributed by atoms with Gasteiger partial charge >= 0.3 is 7.60 Å². The quantitative estimate of drug-likeness (QED) is 0.561. The first-order valence-corrected chi connectivity index (χ1v) is 10.4. The molecule has 0 radical (unpaired) electrons. The van der Waals surface area contributed by atoms with Gasteiger partial charge in [-0.3, -0.25) is 4.57 Å². The van der Waals surface area contributed by atoms with Crippen molar-refractivity contribution in [3.63, 3.8) is 0 Å². The highest BCUT2D eigenvalue weighted by molar-refractivity contribution is 7.54. The van der Waals surface area contributed by atoms with E-state index < -0.39 is 19.2 Å². The number of hydrogen-bond acceptors (Lipinski definition) is 4. The molecular weight excluding hydrogens is 352 g/mol. The molecule has 0 heterocycles. The average molecular weight is 379 g/mol. The van der Waals surface area contributed by atoms with Crippen molar-refractivity contribution in [2.24, 2.45) is 0 Å². The van der Waals surface area contributed by atoms with Crippen molar-refractivity contribution in [3.05, 3.63) is 64.5 Å². The molecule has 0 fully saturated rings. The van der Waals surface area contributed by atoms with Crippen LogP contribution in [0.1, 0.15) is 41.9 Å². The Morgan fingerprint density at radius 1 is 1.04 bits per heavy atom. The largest absolute Gasteiger partial charge is 0.367 e. The molecule has 142 valence electrons. The van der Waals surface area contributed by atoms with E-state index in [1.54, 1.807) is 32.0 Å². The van der Waals surface area contributed by atoms with E-state index in [0.29, 0.717) is 0 Å². The van der Waals surface area contributed by atoms with Crippen LogP contribution in [0.5, 0.6) is 0 Å². The molecule has 0 aliphatic carbocycles. The van der Waals surface area contributed by atoms with Crippen LogP contribution in [0.4, 0.5) is 10.1 Å². The maximum atomic E-state index is 14.5. The summed E-state index contributed by atoms with van der Waals surface area (Å²) in [4.78, 5) is 0. The van der Waals surface area contributed by atoms with Crippen LogP contribution in [-0.4, -0.2) is 13.2 Å². The summed E-state index contributed by atoms with van der Waals surface area (Å²) in [6, 6.07) is 10.3. The van der Waals surface area contributed by atoms with Crippen LogP contribution in [0.15, 0.2) is 36.4 Å². The topological polar surface area (TPSA) is 47.6 Å². The van der Waals surface area contributed by atoms with Crippen LogP contribution in [-0.2, 0) is 13.6 Å². The molecule has 0 bridgehead atoms. The van der Waals surface area contributed by atoms with Crippen molar-refractivity contribution in [3.8, 4) is 0 Å². The van der Waals surface area contributed by atoms with Gasteiger partial charge in [-0.2, -0.15) is 0 Å². The molecule has 1 N–H and O–H groups in total. The lowest BCUT2D eigenvalue weighted by molar-refractivity contribution is 0.213. The summed E-state index contributed by atoms with van der Waals surface area (Å²) in [5, 5.41) is 3.26. The summed E-state index contributed by atoms with van der Waals surface area (Å²) in [5.41, 5.74) is 4.18. The van der Waals surface area contributed by atoms with Crippen molar-refractivity contribution in [1.82, 2.24) is 0 Å². The molecule has 0 spiro atoms. The van der Waals surface area contributed by atoms with Gasteiger partial charge in [0.2, 0.25) is 0 Å². The summed E-state index contributed by atoms with van der Waals surface area (Å²) in [6.45, 7) is 9.84. The highest BCUT2D eigenvalue weighted by Crippen LogP contribution is 2.61. The molecule has 2 rings (SSSR count). The van der Waals surface area contributed by atoms with Gasteiger partial charge in [-0.1, -0.05) is 35.9 Å². The van der Waals surface area contributed by atoms with Crippen LogP contribution >= 0.6 is 7.60 Å². The van der Waals surface area contributed by atoms with Gasteiger partial charge < -0.3 is 14.4 Å². The third-order valence-electron chi connectivity index (χ3n) is 4.09. The van der Waals surface area contributed by atoms with E-state index >= 15 is 0 Å². The first-order chi connectivity index (χ1) is 12.3. The van der Waals surface area contributed by atoms with E-state index in [9.17, 15) is 8.96 Å². The fraction of sp³-hybridized carbons (Fsp3) is 0.400. The monoisotopic (exact) mass is 379 g/mol. The van der Waals surface area contributed by atoms with Gasteiger partial charge in [0.1, 0.15) is 5.82 Å². The fourth-order valence-corrected chi connectivity index (χ4v) is 5.04. The van der Waals surface area contributed by atoms with Crippen LogP contribution in [0.25, 0.3) is 0 Å². The number of aryl methyl sites for hydroxylation is 3. The van der Waals surface area contributed by atoms with Gasteiger partial charge in [0.25, 0.3) is 0 Å². The molecule has 1 atom stereocenters. The summed E-state index contributed by atoms with van der Waals surface area (Å²) in [7, 11) is -3.65. The minimum Gasteiger partial charge on any atom is -0.367 e. The minimum absolute atomic E-state index is 0.204. The Bertz CT molecular complexity index is 776. The summed E-state index contributed by atoms with van der Waals surface area (Å²) >= 11 is 0. The number of nitrogens with one attached hydrogen (secondary N) is 1. The highest BCUT2D eigenvalue weighted by Gasteiger charge is 2.39. The Balaban J connectivity index is 2.58. The van der Waals surface area contributed by atoms with Crippen molar-refractivity contribution < 1.29 is 18.0 Å². The summed E-state index contributed by atoms with van der Waals surface area (Å²) < 4.78 is 39.1. The van der Waals surface area contributed by atoms with E-state index in [1.165, 1.54) is 6.07 Å². The Kier molecular flexibility index (Phi) is 6.99. The van der Waals surface area contributed by atoms with Crippen LogP contribution in [0.2, 0.25) is 0 Å². The van der Waals surface area contributed by atoms with Crippen molar-refractivity contribution in [2.75, 3.05) is 18.5 Å². The second kappa shape index (κ2) is 8.81. The van der Waals surface area contributed by atoms with E-state index in [0.717, 1.165) is 22.4 Å². The molecule has 4 nitrogen and oxygen atoms in total. The molecule has 1 unspecified atom stereocenters. The van der Waals surface area contributed by atoms with Crippen LogP contribution < -0.4 is 5.32 Å². The standard InChI is InChI=1S/C20H27FNO3P/c1-6-24-26(23,25-7-2)20(17-10-8-9-11-18(17)21)22-19-15(4)12-14(3)13-16(19)5/h8-13,20,22H,6-7H2,1-5H3. The number of hydrogen-bond donors (Lipinski definition) is 1. The lowest BCUT2D eigenvalue weighted by Crippen LogP contribution is -2.18. The molecule has 26 heavy (non-hydrogen) atoms. The first-order valence-electron chi connectivity index (χ1n) is 8.80. The molecule has 0 amide bonds. The zero-order chi connectivity index (χ0) is 19.3. The second-order valence-corrected chi connectivity index (χ2v) is 8.33. The van der Waals surface area contributed by atoms with E-state index in [2.05, 4.69) is 5.32 Å². The molecule has 6 heteroatoms. The smallest absolute Gasteiger partial charge is 0.357 e. The van der Waals surface area contributed by atoms with Gasteiger partial charge in [0.15, 0.2) is 5.78 Å². The van der Waals surface area contributed by atoms with Crippen molar-refractivity contribution in [2.45, 2.75) is 40.4 Å². The van der Waals surface area contributed by atoms with Gasteiger partial charge in [-0.05, 0) is 51.8 Å². The van der Waals surface area contributed by atoms with E-state index in [-0.39, 0.29) is 18.8 Å². The molecule has 2 aromatic carbocycles. The SMILES string of the molecule is CCOP(=O)(OCC)C(Nc1c(C)cc(C)cc1C)c1ccccc1F. The normalized spacial score (nSPS) is 12.8. The summed E-state index contributed by atoms with van der Waals surface area (Å²) in [6.07, 6.45) is 0. The van der Waals surface area contributed by atoms with E-state index in [4.69, 9.17) is 9.05 Å². The number of rotatable bonds is 8. The van der Waals surface area contributed by atoms with Gasteiger partial charge in [-0.15, -0.1) is 0 Å². The van der Waals surface area contributed by atoms with Crippen LogP contribution in [0, 0.1) is 26.6 Å². The maximum absolute atomic E-state index is 14.5. The van der Waals surface area contributed by atoms with Crippen molar-refractivity contribution >= 4 is 13.3 Å². The zero-order valence-electron chi connectivity index (χ0n) is 16.0. The minimum atomic E-state index is -3.65. The summed E-state index contributed by atoms with van der Waals surface area (Å²) in [5.74, 6) is -1.39. The number of benzene rings is 2. The van der Waals surface area contributed by atoms with Gasteiger partial charge in [-0.25, -0.2) is 4.39 Å². The predicted molar refractivity (Wildman–Crippen MR) is 104 cm³/mol. The molecule has 0 aromatic heterocycles. The Labute approximate surface area is 155 Å². The first kappa shape index (κ1) is 20.6. The maximum Gasteiger partial charge on any atom is 0.357 e. The molecule has 2 aromatic rings. The second-order valence-electron chi connectivity index (χ2n) is 6.22. The molecule has 0 saturated heterocycles. The average Bonchev–Trinajstić information content (AvgIpc) is 2.55. The Morgan fingerprint density at radius 3 is 2.08 bits per heavy atom. The Hall–Kier alpha value is -1.68. The number of anilines is 1. The molecule has 0 aliphatic heterocycles.